The van der Waals surface area contributed by atoms with Crippen molar-refractivity contribution < 1.29 is 19.4 Å². The Bertz CT molecular complexity index is 1530. The van der Waals surface area contributed by atoms with Gasteiger partial charge in [-0.25, -0.2) is 4.79 Å². The molecule has 0 radical (unpaired) electrons. The summed E-state index contributed by atoms with van der Waals surface area (Å²) in [7, 11) is 0. The Morgan fingerprint density at radius 3 is 2.74 bits per heavy atom. The van der Waals surface area contributed by atoms with Crippen molar-refractivity contribution in [3.63, 3.8) is 0 Å². The van der Waals surface area contributed by atoms with Crippen LogP contribution in [0.5, 0.6) is 6.01 Å². The highest BCUT2D eigenvalue weighted by molar-refractivity contribution is 5.94. The van der Waals surface area contributed by atoms with Gasteiger partial charge in [0.25, 0.3) is 0 Å². The van der Waals surface area contributed by atoms with Crippen LogP contribution >= 0.6 is 12.4 Å². The van der Waals surface area contributed by atoms with Crippen LogP contribution in [0.4, 0.5) is 16.3 Å². The average molecular weight is 606 g/mol. The SMILES string of the molecule is Cl.N#CC[C@H]1CN(c2nc(OC[C@H]3CNC4(CC4)CO3)nc3c2CCN(c2cccc4ccccc24)C3)CCN1C(=O)O. The predicted octanol–water partition coefficient (Wildman–Crippen LogP) is 3.60. The first-order valence-corrected chi connectivity index (χ1v) is 14.8. The van der Waals surface area contributed by atoms with Gasteiger partial charge in [-0.1, -0.05) is 36.4 Å². The monoisotopic (exact) mass is 605 g/mol. The van der Waals surface area contributed by atoms with Crippen LogP contribution in [0.15, 0.2) is 42.5 Å². The fraction of sp³-hybridized carbons (Fsp3) is 0.484. The normalized spacial score (nSPS) is 22.4. The lowest BCUT2D eigenvalue weighted by Gasteiger charge is -2.41. The smallest absolute Gasteiger partial charge is 0.407 e. The van der Waals surface area contributed by atoms with E-state index < -0.39 is 12.1 Å². The Labute approximate surface area is 256 Å². The van der Waals surface area contributed by atoms with E-state index >= 15 is 0 Å². The first-order valence-electron chi connectivity index (χ1n) is 14.8. The van der Waals surface area contributed by atoms with Gasteiger partial charge in [0.05, 0.1) is 37.4 Å². The largest absolute Gasteiger partial charge is 0.465 e. The highest BCUT2D eigenvalue weighted by atomic mass is 35.5. The van der Waals surface area contributed by atoms with Crippen molar-refractivity contribution in [2.75, 3.05) is 55.7 Å². The predicted molar refractivity (Wildman–Crippen MR) is 164 cm³/mol. The first-order chi connectivity index (χ1) is 20.5. The maximum absolute atomic E-state index is 11.8. The van der Waals surface area contributed by atoms with Crippen molar-refractivity contribution in [2.45, 2.75) is 49.9 Å². The molecular weight excluding hydrogens is 570 g/mol. The summed E-state index contributed by atoms with van der Waals surface area (Å²) in [5, 5.41) is 25.1. The molecule has 11 nitrogen and oxygen atoms in total. The number of nitriles is 1. The fourth-order valence-corrected chi connectivity index (χ4v) is 6.45. The number of hydrogen-bond donors (Lipinski definition) is 2. The van der Waals surface area contributed by atoms with Crippen LogP contribution in [0.25, 0.3) is 10.8 Å². The number of rotatable bonds is 6. The molecule has 1 spiro atoms. The summed E-state index contributed by atoms with van der Waals surface area (Å²) in [6, 6.07) is 16.8. The number of nitrogens with zero attached hydrogens (tertiary/aromatic N) is 6. The Hall–Kier alpha value is -3.85. The maximum atomic E-state index is 11.8. The molecule has 2 atom stereocenters. The van der Waals surface area contributed by atoms with Gasteiger partial charge in [-0.3, -0.25) is 0 Å². The van der Waals surface area contributed by atoms with E-state index in [0.29, 0.717) is 45.4 Å². The quantitative estimate of drug-likeness (QED) is 0.430. The molecule has 7 rings (SSSR count). The lowest BCUT2D eigenvalue weighted by atomic mass is 10.0. The molecule has 3 aliphatic heterocycles. The van der Waals surface area contributed by atoms with E-state index in [1.54, 1.807) is 0 Å². The zero-order chi connectivity index (χ0) is 28.7. The average Bonchev–Trinajstić information content (AvgIpc) is 3.78. The van der Waals surface area contributed by atoms with Crippen molar-refractivity contribution >= 4 is 40.8 Å². The van der Waals surface area contributed by atoms with E-state index in [1.165, 1.54) is 21.4 Å². The summed E-state index contributed by atoms with van der Waals surface area (Å²) in [6.45, 7) is 4.38. The van der Waals surface area contributed by atoms with Crippen LogP contribution in [0, 0.1) is 11.3 Å². The molecule has 3 aromatic rings. The Morgan fingerprint density at radius 2 is 1.98 bits per heavy atom. The van der Waals surface area contributed by atoms with Gasteiger partial charge < -0.3 is 34.6 Å². The van der Waals surface area contributed by atoms with Gasteiger partial charge in [0.15, 0.2) is 0 Å². The summed E-state index contributed by atoms with van der Waals surface area (Å²) in [5.74, 6) is 0.778. The number of halogens is 1. The lowest BCUT2D eigenvalue weighted by molar-refractivity contribution is -0.0274. The Kier molecular flexibility index (Phi) is 8.18. The standard InChI is InChI=1S/C31H35N7O4.ClH/c32-12-8-22-17-37(14-15-38(22)30(39)40)28-25-9-13-36(27-7-3-5-21-4-1-2-6-24(21)27)18-26(25)34-29(35-28)41-19-23-16-33-31(10-11-31)20-42-23;/h1-7,22-23,33H,8-11,13-20H2,(H,39,40);1H/t22-,23+;/m0./s1. The number of anilines is 2. The summed E-state index contributed by atoms with van der Waals surface area (Å²) < 4.78 is 12.3. The van der Waals surface area contributed by atoms with Gasteiger partial charge in [-0.05, 0) is 30.7 Å². The summed E-state index contributed by atoms with van der Waals surface area (Å²) in [4.78, 5) is 27.5. The minimum Gasteiger partial charge on any atom is -0.465 e. The minimum absolute atomic E-state index is 0. The number of morpholine rings is 1. The number of fused-ring (bicyclic) bond motifs is 2. The second kappa shape index (κ2) is 12.0. The lowest BCUT2D eigenvalue weighted by Crippen LogP contribution is -2.55. The zero-order valence-corrected chi connectivity index (χ0v) is 24.8. The van der Waals surface area contributed by atoms with Gasteiger partial charge in [-0.15, -0.1) is 12.4 Å². The van der Waals surface area contributed by atoms with Gasteiger partial charge in [0, 0.05) is 54.9 Å². The summed E-state index contributed by atoms with van der Waals surface area (Å²) in [6.07, 6.45) is 2.12. The molecule has 3 fully saturated rings. The molecule has 2 N–H and O–H groups in total. The number of ether oxygens (including phenoxy) is 2. The van der Waals surface area contributed by atoms with Gasteiger partial charge in [0.2, 0.25) is 0 Å². The van der Waals surface area contributed by atoms with E-state index in [1.807, 2.05) is 0 Å². The molecule has 2 saturated heterocycles. The Balaban J connectivity index is 0.00000329. The zero-order valence-electron chi connectivity index (χ0n) is 23.9. The summed E-state index contributed by atoms with van der Waals surface area (Å²) >= 11 is 0. The number of benzene rings is 2. The number of nitrogens with one attached hydrogen (secondary N) is 1. The molecule has 2 aromatic carbocycles. The molecule has 1 saturated carbocycles. The van der Waals surface area contributed by atoms with Crippen molar-refractivity contribution in [3.05, 3.63) is 53.7 Å². The molecule has 4 aliphatic rings. The number of carboxylic acid groups (broad SMARTS) is 1. The van der Waals surface area contributed by atoms with E-state index in [4.69, 9.17) is 19.4 Å². The Morgan fingerprint density at radius 1 is 1.14 bits per heavy atom. The highest BCUT2D eigenvalue weighted by Gasteiger charge is 2.46. The number of piperazine rings is 1. The van der Waals surface area contributed by atoms with E-state index in [2.05, 4.69) is 63.7 Å². The number of carbonyl (C=O) groups is 1. The molecule has 1 aliphatic carbocycles. The molecule has 4 heterocycles. The van der Waals surface area contributed by atoms with Crippen LogP contribution in [-0.2, 0) is 17.7 Å². The van der Waals surface area contributed by atoms with Gasteiger partial charge in [0.1, 0.15) is 18.5 Å². The maximum Gasteiger partial charge on any atom is 0.407 e. The molecule has 0 unspecified atom stereocenters. The third-order valence-corrected chi connectivity index (χ3v) is 9.04. The highest BCUT2D eigenvalue weighted by Crippen LogP contribution is 2.38. The molecule has 0 bridgehead atoms. The van der Waals surface area contributed by atoms with E-state index in [9.17, 15) is 15.2 Å². The fourth-order valence-electron chi connectivity index (χ4n) is 6.45. The number of amides is 1. The number of hydrogen-bond acceptors (Lipinski definition) is 9. The first kappa shape index (κ1) is 29.2. The topological polar surface area (TPSA) is 127 Å². The molecule has 226 valence electrons. The molecule has 12 heteroatoms. The third kappa shape index (κ3) is 5.87. The number of aromatic nitrogens is 2. The van der Waals surface area contributed by atoms with Gasteiger partial charge in [-0.2, -0.15) is 15.2 Å². The molecule has 43 heavy (non-hydrogen) atoms. The minimum atomic E-state index is -0.997. The van der Waals surface area contributed by atoms with Crippen molar-refractivity contribution in [3.8, 4) is 12.1 Å². The van der Waals surface area contributed by atoms with Crippen LogP contribution in [0.2, 0.25) is 0 Å². The van der Waals surface area contributed by atoms with Crippen LogP contribution in [0.1, 0.15) is 30.5 Å². The third-order valence-electron chi connectivity index (χ3n) is 9.04. The van der Waals surface area contributed by atoms with E-state index in [0.717, 1.165) is 49.4 Å². The van der Waals surface area contributed by atoms with Gasteiger partial charge >= 0.3 is 12.1 Å². The van der Waals surface area contributed by atoms with Crippen molar-refractivity contribution in [1.82, 2.24) is 20.2 Å². The molecule has 1 aromatic heterocycles. The second-order valence-corrected chi connectivity index (χ2v) is 11.8. The van der Waals surface area contributed by atoms with Crippen LogP contribution in [0.3, 0.4) is 0 Å². The van der Waals surface area contributed by atoms with Crippen molar-refractivity contribution in [2.24, 2.45) is 0 Å². The van der Waals surface area contributed by atoms with Crippen LogP contribution in [-0.4, -0.2) is 89.7 Å². The molecule has 1 amide bonds. The second-order valence-electron chi connectivity index (χ2n) is 11.8. The molecular formula is C31H36ClN7O4. The summed E-state index contributed by atoms with van der Waals surface area (Å²) in [5.41, 5.74) is 3.31. The van der Waals surface area contributed by atoms with Crippen LogP contribution < -0.4 is 19.9 Å². The van der Waals surface area contributed by atoms with E-state index in [-0.39, 0.29) is 30.5 Å². The van der Waals surface area contributed by atoms with Crippen molar-refractivity contribution in [1.29, 1.82) is 5.26 Å².